The zero-order valence-electron chi connectivity index (χ0n) is 14.3. The van der Waals surface area contributed by atoms with Crippen molar-refractivity contribution in [1.82, 2.24) is 29.8 Å². The molecule has 4 rings (SSSR count). The standard InChI is InChI=1S/C17H19Cl2N7/c1-9-4-21-3-2-10(9)16-24-14-15(20)23-8-26(17(14)25-16)7-11-12(18)5-22-6-13(11)19/h5-6,8-10,20-21H,2-4,7H2,1H3,(H,24,25)/t9-,10-/m0/s1. The molecule has 0 saturated carbocycles. The van der Waals surface area contributed by atoms with Gasteiger partial charge in [-0.25, -0.2) is 9.97 Å². The van der Waals surface area contributed by atoms with E-state index in [1.807, 2.05) is 4.57 Å². The third-order valence-electron chi connectivity index (χ3n) is 4.96. The molecule has 3 aromatic rings. The van der Waals surface area contributed by atoms with Crippen molar-refractivity contribution in [3.63, 3.8) is 0 Å². The lowest BCUT2D eigenvalue weighted by Gasteiger charge is -2.27. The average Bonchev–Trinajstić information content (AvgIpc) is 3.07. The van der Waals surface area contributed by atoms with E-state index in [9.17, 15) is 0 Å². The summed E-state index contributed by atoms with van der Waals surface area (Å²) in [6, 6.07) is 0. The van der Waals surface area contributed by atoms with Crippen LogP contribution in [0.15, 0.2) is 18.7 Å². The summed E-state index contributed by atoms with van der Waals surface area (Å²) in [5.41, 5.74) is 2.27. The molecule has 1 saturated heterocycles. The highest BCUT2D eigenvalue weighted by atomic mass is 35.5. The van der Waals surface area contributed by atoms with Crippen LogP contribution in [0.5, 0.6) is 0 Å². The topological polar surface area (TPSA) is 95.3 Å². The largest absolute Gasteiger partial charge is 0.337 e. The second-order valence-corrected chi connectivity index (χ2v) is 7.51. The fraction of sp³-hybridized carbons (Fsp3) is 0.412. The Morgan fingerprint density at radius 3 is 2.81 bits per heavy atom. The average molecular weight is 392 g/mol. The zero-order chi connectivity index (χ0) is 18.3. The maximum absolute atomic E-state index is 8.13. The Bertz CT molecular complexity index is 990. The van der Waals surface area contributed by atoms with Crippen molar-refractivity contribution in [2.75, 3.05) is 13.1 Å². The first-order valence-electron chi connectivity index (χ1n) is 8.53. The number of imidazole rings is 1. The Morgan fingerprint density at radius 1 is 1.31 bits per heavy atom. The van der Waals surface area contributed by atoms with Gasteiger partial charge in [0.1, 0.15) is 11.3 Å². The third-order valence-corrected chi connectivity index (χ3v) is 5.61. The number of H-pyrrole nitrogens is 1. The van der Waals surface area contributed by atoms with Crippen LogP contribution in [0, 0.1) is 11.3 Å². The summed E-state index contributed by atoms with van der Waals surface area (Å²) in [5, 5.41) is 12.5. The van der Waals surface area contributed by atoms with Gasteiger partial charge in [0, 0.05) is 23.9 Å². The lowest BCUT2D eigenvalue weighted by molar-refractivity contribution is 0.340. The minimum Gasteiger partial charge on any atom is -0.337 e. The summed E-state index contributed by atoms with van der Waals surface area (Å²) in [7, 11) is 0. The number of nitrogens with one attached hydrogen (secondary N) is 3. The Hall–Kier alpha value is -1.96. The quantitative estimate of drug-likeness (QED) is 0.639. The molecule has 0 unspecified atom stereocenters. The number of piperidine rings is 1. The van der Waals surface area contributed by atoms with Gasteiger partial charge in [-0.3, -0.25) is 10.4 Å². The van der Waals surface area contributed by atoms with Gasteiger partial charge in [0.2, 0.25) is 0 Å². The smallest absolute Gasteiger partial charge is 0.173 e. The van der Waals surface area contributed by atoms with Crippen LogP contribution in [-0.4, -0.2) is 37.6 Å². The molecule has 0 bridgehead atoms. The van der Waals surface area contributed by atoms with Crippen molar-refractivity contribution >= 4 is 34.4 Å². The van der Waals surface area contributed by atoms with E-state index >= 15 is 0 Å². The van der Waals surface area contributed by atoms with Crippen LogP contribution in [0.4, 0.5) is 0 Å². The third kappa shape index (κ3) is 3.11. The van der Waals surface area contributed by atoms with Crippen LogP contribution in [0.1, 0.15) is 30.7 Å². The normalized spacial score (nSPS) is 20.6. The van der Waals surface area contributed by atoms with Gasteiger partial charge < -0.3 is 14.9 Å². The van der Waals surface area contributed by atoms with Crippen LogP contribution >= 0.6 is 23.2 Å². The molecule has 9 heteroatoms. The second-order valence-electron chi connectivity index (χ2n) is 6.70. The van der Waals surface area contributed by atoms with Gasteiger partial charge >= 0.3 is 0 Å². The molecular formula is C17H19Cl2N7. The molecule has 136 valence electrons. The van der Waals surface area contributed by atoms with Gasteiger partial charge in [-0.2, -0.15) is 0 Å². The van der Waals surface area contributed by atoms with Crippen molar-refractivity contribution < 1.29 is 0 Å². The summed E-state index contributed by atoms with van der Waals surface area (Å²) in [6.45, 7) is 4.57. The van der Waals surface area contributed by atoms with Crippen LogP contribution in [0.25, 0.3) is 11.2 Å². The van der Waals surface area contributed by atoms with Crippen LogP contribution < -0.4 is 10.8 Å². The molecule has 26 heavy (non-hydrogen) atoms. The van der Waals surface area contributed by atoms with Crippen molar-refractivity contribution in [2.24, 2.45) is 5.92 Å². The number of fused-ring (bicyclic) bond motifs is 1. The van der Waals surface area contributed by atoms with E-state index in [1.165, 1.54) is 0 Å². The minimum absolute atomic E-state index is 0.184. The first-order chi connectivity index (χ1) is 12.5. The number of hydrogen-bond acceptors (Lipinski definition) is 5. The molecule has 0 aliphatic carbocycles. The van der Waals surface area contributed by atoms with Crippen molar-refractivity contribution in [2.45, 2.75) is 25.8 Å². The van der Waals surface area contributed by atoms with Crippen LogP contribution in [0.2, 0.25) is 10.0 Å². The summed E-state index contributed by atoms with van der Waals surface area (Å²) in [4.78, 5) is 16.3. The van der Waals surface area contributed by atoms with E-state index in [0.29, 0.717) is 39.6 Å². The van der Waals surface area contributed by atoms with Crippen molar-refractivity contribution in [1.29, 1.82) is 5.41 Å². The van der Waals surface area contributed by atoms with E-state index < -0.39 is 0 Å². The zero-order valence-corrected chi connectivity index (χ0v) is 15.8. The number of aromatic amines is 1. The monoisotopic (exact) mass is 391 g/mol. The summed E-state index contributed by atoms with van der Waals surface area (Å²) < 4.78 is 1.87. The summed E-state index contributed by atoms with van der Waals surface area (Å²) >= 11 is 12.5. The van der Waals surface area contributed by atoms with E-state index in [4.69, 9.17) is 33.6 Å². The number of rotatable bonds is 3. The molecule has 4 heterocycles. The molecule has 0 amide bonds. The van der Waals surface area contributed by atoms with E-state index in [2.05, 4.69) is 27.2 Å². The Morgan fingerprint density at radius 2 is 2.08 bits per heavy atom. The number of hydrogen-bond donors (Lipinski definition) is 3. The van der Waals surface area contributed by atoms with Crippen molar-refractivity contribution in [3.8, 4) is 0 Å². The molecule has 3 N–H and O–H groups in total. The fourth-order valence-corrected chi connectivity index (χ4v) is 3.96. The van der Waals surface area contributed by atoms with Gasteiger partial charge in [-0.05, 0) is 25.4 Å². The number of nitrogens with zero attached hydrogens (tertiary/aromatic N) is 4. The molecule has 1 aliphatic rings. The molecule has 0 spiro atoms. The van der Waals surface area contributed by atoms with Gasteiger partial charge in [0.25, 0.3) is 0 Å². The molecule has 2 atom stereocenters. The summed E-state index contributed by atoms with van der Waals surface area (Å²) in [5.74, 6) is 1.73. The number of halogens is 2. The Labute approximate surface area is 160 Å². The first-order valence-corrected chi connectivity index (χ1v) is 9.28. The van der Waals surface area contributed by atoms with Crippen LogP contribution in [-0.2, 0) is 6.54 Å². The van der Waals surface area contributed by atoms with E-state index in [1.54, 1.807) is 18.7 Å². The fourth-order valence-electron chi connectivity index (χ4n) is 3.47. The highest BCUT2D eigenvalue weighted by Gasteiger charge is 2.26. The highest BCUT2D eigenvalue weighted by Crippen LogP contribution is 2.29. The predicted molar refractivity (Wildman–Crippen MR) is 100 cm³/mol. The molecule has 0 aromatic carbocycles. The number of pyridine rings is 1. The predicted octanol–water partition coefficient (Wildman–Crippen LogP) is 2.70. The Kier molecular flexibility index (Phi) is 4.69. The molecule has 3 aromatic heterocycles. The maximum atomic E-state index is 8.13. The molecule has 1 aliphatic heterocycles. The molecule has 0 radical (unpaired) electrons. The second kappa shape index (κ2) is 6.98. The Balaban J connectivity index is 1.79. The SMILES string of the molecule is C[C@H]1CNCC[C@@H]1c1nc2c([nH]1)c(=N)ncn2Cc1c(Cl)cncc1Cl. The lowest BCUT2D eigenvalue weighted by Crippen LogP contribution is -2.34. The highest BCUT2D eigenvalue weighted by molar-refractivity contribution is 6.35. The first kappa shape index (κ1) is 17.5. The molecular weight excluding hydrogens is 373 g/mol. The van der Waals surface area contributed by atoms with Gasteiger partial charge in [0.15, 0.2) is 11.1 Å². The van der Waals surface area contributed by atoms with Gasteiger partial charge in [-0.1, -0.05) is 30.1 Å². The summed E-state index contributed by atoms with van der Waals surface area (Å²) in [6.07, 6.45) is 5.76. The van der Waals surface area contributed by atoms with E-state index in [-0.39, 0.29) is 5.49 Å². The van der Waals surface area contributed by atoms with Gasteiger partial charge in [-0.15, -0.1) is 0 Å². The lowest BCUT2D eigenvalue weighted by atomic mass is 9.87. The van der Waals surface area contributed by atoms with Crippen LogP contribution in [0.3, 0.4) is 0 Å². The number of aromatic nitrogens is 5. The minimum atomic E-state index is 0.184. The van der Waals surface area contributed by atoms with Crippen molar-refractivity contribution in [3.05, 3.63) is 45.6 Å². The molecule has 1 fully saturated rings. The molecule has 7 nitrogen and oxygen atoms in total. The van der Waals surface area contributed by atoms with Gasteiger partial charge in [0.05, 0.1) is 22.9 Å². The van der Waals surface area contributed by atoms with E-state index in [0.717, 1.165) is 30.9 Å². The maximum Gasteiger partial charge on any atom is 0.173 e.